The first kappa shape index (κ1) is 19.4. The van der Waals surface area contributed by atoms with E-state index in [0.29, 0.717) is 23.3 Å². The number of nitrogens with zero attached hydrogens (tertiary/aromatic N) is 2. The fourth-order valence-corrected chi connectivity index (χ4v) is 2.72. The maximum absolute atomic E-state index is 12.6. The monoisotopic (exact) mass is 376 g/mol. The van der Waals surface area contributed by atoms with Crippen molar-refractivity contribution in [1.29, 1.82) is 0 Å². The van der Waals surface area contributed by atoms with Crippen molar-refractivity contribution in [3.63, 3.8) is 0 Å². The van der Waals surface area contributed by atoms with Gasteiger partial charge in [-0.1, -0.05) is 26.0 Å². The van der Waals surface area contributed by atoms with Crippen LogP contribution in [0.1, 0.15) is 41.6 Å². The summed E-state index contributed by atoms with van der Waals surface area (Å²) >= 11 is 0. The van der Waals surface area contributed by atoms with Crippen molar-refractivity contribution in [2.24, 2.45) is 0 Å². The Labute approximate surface area is 165 Å². The molecule has 0 aliphatic rings. The summed E-state index contributed by atoms with van der Waals surface area (Å²) in [5.74, 6) is 2.01. The van der Waals surface area contributed by atoms with E-state index in [9.17, 15) is 4.79 Å². The molecular weight excluding hydrogens is 352 g/mol. The van der Waals surface area contributed by atoms with Crippen molar-refractivity contribution in [3.05, 3.63) is 71.7 Å². The second kappa shape index (κ2) is 8.52. The Balaban J connectivity index is 1.75. The largest absolute Gasteiger partial charge is 0.497 e. The molecule has 3 aromatic rings. The van der Waals surface area contributed by atoms with Crippen LogP contribution in [0.25, 0.3) is 0 Å². The summed E-state index contributed by atoms with van der Waals surface area (Å²) in [7, 11) is 1.62. The lowest BCUT2D eigenvalue weighted by Gasteiger charge is -2.10. The molecule has 1 amide bonds. The van der Waals surface area contributed by atoms with Crippen molar-refractivity contribution in [3.8, 4) is 5.75 Å². The number of benzene rings is 2. The van der Waals surface area contributed by atoms with E-state index >= 15 is 0 Å². The minimum atomic E-state index is -0.277. The Kier molecular flexibility index (Phi) is 5.89. The summed E-state index contributed by atoms with van der Waals surface area (Å²) in [4.78, 5) is 21.2. The highest BCUT2D eigenvalue weighted by Gasteiger charge is 2.12. The van der Waals surface area contributed by atoms with Gasteiger partial charge in [0, 0.05) is 17.4 Å². The maximum atomic E-state index is 12.6. The number of hydrogen-bond acceptors (Lipinski definition) is 5. The fourth-order valence-electron chi connectivity index (χ4n) is 2.72. The maximum Gasteiger partial charge on any atom is 0.274 e. The van der Waals surface area contributed by atoms with Gasteiger partial charge in [-0.3, -0.25) is 4.79 Å². The van der Waals surface area contributed by atoms with E-state index in [0.717, 1.165) is 17.1 Å². The second-order valence-corrected chi connectivity index (χ2v) is 6.77. The number of carbonyl (C=O) groups is 1. The second-order valence-electron chi connectivity index (χ2n) is 6.77. The zero-order valence-corrected chi connectivity index (χ0v) is 16.5. The molecule has 0 saturated heterocycles. The first-order chi connectivity index (χ1) is 13.4. The molecule has 1 heterocycles. The van der Waals surface area contributed by atoms with E-state index in [4.69, 9.17) is 4.74 Å². The molecule has 0 aliphatic carbocycles. The van der Waals surface area contributed by atoms with E-state index in [1.54, 1.807) is 20.1 Å². The average Bonchev–Trinajstić information content (AvgIpc) is 2.68. The number of amides is 1. The normalized spacial score (nSPS) is 10.6. The molecule has 0 saturated carbocycles. The van der Waals surface area contributed by atoms with Crippen LogP contribution in [0.3, 0.4) is 0 Å². The number of rotatable bonds is 6. The number of anilines is 3. The van der Waals surface area contributed by atoms with Gasteiger partial charge in [0.05, 0.1) is 7.11 Å². The van der Waals surface area contributed by atoms with Crippen LogP contribution < -0.4 is 15.4 Å². The Hall–Kier alpha value is -3.41. The molecule has 6 nitrogen and oxygen atoms in total. The summed E-state index contributed by atoms with van der Waals surface area (Å²) in [6.07, 6.45) is 0. The molecule has 0 spiro atoms. The average molecular weight is 376 g/mol. The van der Waals surface area contributed by atoms with Crippen LogP contribution in [0, 0.1) is 6.92 Å². The van der Waals surface area contributed by atoms with E-state index in [1.165, 1.54) is 5.56 Å². The Morgan fingerprint density at radius 3 is 2.21 bits per heavy atom. The van der Waals surface area contributed by atoms with Crippen LogP contribution in [-0.4, -0.2) is 23.0 Å². The van der Waals surface area contributed by atoms with E-state index in [2.05, 4.69) is 34.4 Å². The lowest BCUT2D eigenvalue weighted by Crippen LogP contribution is -2.15. The quantitative estimate of drug-likeness (QED) is 0.639. The summed E-state index contributed by atoms with van der Waals surface area (Å²) in [5.41, 5.74) is 3.10. The number of hydrogen-bond donors (Lipinski definition) is 2. The molecule has 2 N–H and O–H groups in total. The predicted molar refractivity (Wildman–Crippen MR) is 112 cm³/mol. The number of ether oxygens (including phenoxy) is 1. The molecule has 144 valence electrons. The molecular formula is C22H24N4O2. The third kappa shape index (κ3) is 4.85. The van der Waals surface area contributed by atoms with Crippen LogP contribution in [0.2, 0.25) is 0 Å². The number of nitrogens with one attached hydrogen (secondary N) is 2. The van der Waals surface area contributed by atoms with Gasteiger partial charge in [0.25, 0.3) is 5.91 Å². The summed E-state index contributed by atoms with van der Waals surface area (Å²) in [5, 5.41) is 6.07. The molecule has 28 heavy (non-hydrogen) atoms. The zero-order valence-electron chi connectivity index (χ0n) is 16.5. The van der Waals surface area contributed by atoms with E-state index in [-0.39, 0.29) is 5.91 Å². The smallest absolute Gasteiger partial charge is 0.274 e. The highest BCUT2D eigenvalue weighted by atomic mass is 16.5. The van der Waals surface area contributed by atoms with Crippen LogP contribution in [-0.2, 0) is 0 Å². The minimum absolute atomic E-state index is 0.277. The molecule has 0 unspecified atom stereocenters. The van der Waals surface area contributed by atoms with Gasteiger partial charge in [-0.25, -0.2) is 9.97 Å². The van der Waals surface area contributed by atoms with Crippen LogP contribution in [0.15, 0.2) is 54.6 Å². The van der Waals surface area contributed by atoms with E-state index < -0.39 is 0 Å². The third-order valence-electron chi connectivity index (χ3n) is 4.27. The Morgan fingerprint density at radius 2 is 1.61 bits per heavy atom. The summed E-state index contributed by atoms with van der Waals surface area (Å²) in [6.45, 7) is 6.02. The predicted octanol–water partition coefficient (Wildman–Crippen LogP) is 4.91. The van der Waals surface area contributed by atoms with Gasteiger partial charge < -0.3 is 15.4 Å². The van der Waals surface area contributed by atoms with Crippen molar-refractivity contribution in [2.45, 2.75) is 26.7 Å². The fraction of sp³-hybridized carbons (Fsp3) is 0.227. The molecule has 1 aromatic heterocycles. The molecule has 2 aromatic carbocycles. The highest BCUT2D eigenvalue weighted by molar-refractivity contribution is 6.03. The molecule has 0 aliphatic heterocycles. The van der Waals surface area contributed by atoms with Gasteiger partial charge in [0.15, 0.2) is 0 Å². The topological polar surface area (TPSA) is 76.1 Å². The summed E-state index contributed by atoms with van der Waals surface area (Å²) in [6, 6.07) is 16.9. The third-order valence-corrected chi connectivity index (χ3v) is 4.27. The van der Waals surface area contributed by atoms with Gasteiger partial charge in [0.1, 0.15) is 23.1 Å². The summed E-state index contributed by atoms with van der Waals surface area (Å²) < 4.78 is 5.16. The number of aryl methyl sites for hydroxylation is 1. The highest BCUT2D eigenvalue weighted by Crippen LogP contribution is 2.20. The van der Waals surface area contributed by atoms with Crippen molar-refractivity contribution in [2.75, 3.05) is 17.7 Å². The molecule has 0 fully saturated rings. The van der Waals surface area contributed by atoms with E-state index in [1.807, 2.05) is 48.5 Å². The lowest BCUT2D eigenvalue weighted by atomic mass is 10.0. The first-order valence-corrected chi connectivity index (χ1v) is 9.12. The molecule has 0 radical (unpaired) electrons. The van der Waals surface area contributed by atoms with Gasteiger partial charge in [-0.2, -0.15) is 0 Å². The standard InChI is InChI=1S/C22H24N4O2/c1-14(2)16-5-7-18(8-6-16)26-22(27)20-13-21(24-15(3)23-20)25-17-9-11-19(28-4)12-10-17/h5-14H,1-4H3,(H,26,27)(H,23,24,25). The lowest BCUT2D eigenvalue weighted by molar-refractivity contribution is 0.102. The van der Waals surface area contributed by atoms with Gasteiger partial charge >= 0.3 is 0 Å². The van der Waals surface area contributed by atoms with Gasteiger partial charge in [-0.15, -0.1) is 0 Å². The number of aromatic nitrogens is 2. The first-order valence-electron chi connectivity index (χ1n) is 9.12. The van der Waals surface area contributed by atoms with Crippen molar-refractivity contribution < 1.29 is 9.53 Å². The zero-order chi connectivity index (χ0) is 20.1. The van der Waals surface area contributed by atoms with Gasteiger partial charge in [-0.05, 0) is 54.8 Å². The van der Waals surface area contributed by atoms with Crippen LogP contribution in [0.4, 0.5) is 17.2 Å². The number of carbonyl (C=O) groups excluding carboxylic acids is 1. The SMILES string of the molecule is COc1ccc(Nc2cc(C(=O)Nc3ccc(C(C)C)cc3)nc(C)n2)cc1. The van der Waals surface area contributed by atoms with Crippen molar-refractivity contribution in [1.82, 2.24) is 9.97 Å². The molecule has 0 bridgehead atoms. The Bertz CT molecular complexity index is 951. The van der Waals surface area contributed by atoms with Crippen LogP contribution in [0.5, 0.6) is 5.75 Å². The minimum Gasteiger partial charge on any atom is -0.497 e. The molecule has 0 atom stereocenters. The molecule has 6 heteroatoms. The molecule has 3 rings (SSSR count). The van der Waals surface area contributed by atoms with Gasteiger partial charge in [0.2, 0.25) is 0 Å². The van der Waals surface area contributed by atoms with Crippen LogP contribution >= 0.6 is 0 Å². The number of methoxy groups -OCH3 is 1. The Morgan fingerprint density at radius 1 is 0.964 bits per heavy atom. The van der Waals surface area contributed by atoms with Crippen molar-refractivity contribution >= 4 is 23.1 Å².